The Morgan fingerprint density at radius 1 is 1.33 bits per heavy atom. The number of H-pyrrole nitrogens is 1. The van der Waals surface area contributed by atoms with E-state index < -0.39 is 0 Å². The van der Waals surface area contributed by atoms with Gasteiger partial charge < -0.3 is 4.98 Å². The number of aromatic amines is 1. The summed E-state index contributed by atoms with van der Waals surface area (Å²) in [5.41, 5.74) is 2.30. The van der Waals surface area contributed by atoms with Crippen molar-refractivity contribution in [2.45, 2.75) is 6.92 Å². The van der Waals surface area contributed by atoms with E-state index in [1.54, 1.807) is 24.3 Å². The van der Waals surface area contributed by atoms with Crippen molar-refractivity contribution < 1.29 is 4.39 Å². The normalized spacial score (nSPS) is 9.93. The lowest BCUT2D eigenvalue weighted by molar-refractivity contribution is 0.631. The van der Waals surface area contributed by atoms with Crippen molar-refractivity contribution in [3.8, 4) is 17.3 Å². The molecular formula is C12H9FN2. The Kier molecular flexibility index (Phi) is 2.26. The highest BCUT2D eigenvalue weighted by atomic mass is 19.1. The minimum absolute atomic E-state index is 0.323. The molecule has 0 bridgehead atoms. The van der Waals surface area contributed by atoms with Gasteiger partial charge in [0.2, 0.25) is 0 Å². The van der Waals surface area contributed by atoms with E-state index in [2.05, 4.69) is 4.98 Å². The SMILES string of the molecule is Cc1cc(C#N)c(-c2ccccc2F)[nH]1. The fraction of sp³-hybridized carbons (Fsp3) is 0.0833. The lowest BCUT2D eigenvalue weighted by Crippen LogP contribution is -1.86. The van der Waals surface area contributed by atoms with E-state index in [-0.39, 0.29) is 5.82 Å². The summed E-state index contributed by atoms with van der Waals surface area (Å²) in [7, 11) is 0. The van der Waals surface area contributed by atoms with Crippen LogP contribution in [0, 0.1) is 24.1 Å². The van der Waals surface area contributed by atoms with E-state index in [1.807, 2.05) is 13.0 Å². The monoisotopic (exact) mass is 200 g/mol. The summed E-state index contributed by atoms with van der Waals surface area (Å²) in [6.45, 7) is 1.84. The molecule has 0 aliphatic rings. The molecule has 2 rings (SSSR count). The fourth-order valence-corrected chi connectivity index (χ4v) is 1.55. The summed E-state index contributed by atoms with van der Waals surface area (Å²) in [4.78, 5) is 2.99. The van der Waals surface area contributed by atoms with E-state index >= 15 is 0 Å². The van der Waals surface area contributed by atoms with Crippen LogP contribution in [0.2, 0.25) is 0 Å². The van der Waals surface area contributed by atoms with Crippen LogP contribution in [-0.4, -0.2) is 4.98 Å². The second kappa shape index (κ2) is 3.58. The number of rotatable bonds is 1. The van der Waals surface area contributed by atoms with Crippen molar-refractivity contribution in [2.75, 3.05) is 0 Å². The molecule has 1 aromatic carbocycles. The number of nitrogens with zero attached hydrogens (tertiary/aromatic N) is 1. The number of hydrogen-bond acceptors (Lipinski definition) is 1. The van der Waals surface area contributed by atoms with Gasteiger partial charge in [0.05, 0.1) is 11.3 Å². The smallest absolute Gasteiger partial charge is 0.132 e. The molecule has 0 saturated heterocycles. The quantitative estimate of drug-likeness (QED) is 0.755. The lowest BCUT2D eigenvalue weighted by atomic mass is 10.1. The van der Waals surface area contributed by atoms with Gasteiger partial charge in [0.25, 0.3) is 0 Å². The van der Waals surface area contributed by atoms with Crippen LogP contribution in [0.15, 0.2) is 30.3 Å². The van der Waals surface area contributed by atoms with Gasteiger partial charge in [-0.2, -0.15) is 5.26 Å². The second-order valence-electron chi connectivity index (χ2n) is 3.33. The maximum absolute atomic E-state index is 13.5. The van der Waals surface area contributed by atoms with Crippen LogP contribution in [0.1, 0.15) is 11.3 Å². The van der Waals surface area contributed by atoms with E-state index in [9.17, 15) is 4.39 Å². The van der Waals surface area contributed by atoms with Gasteiger partial charge in [-0.3, -0.25) is 0 Å². The standard InChI is InChI=1S/C12H9FN2/c1-8-6-9(7-14)12(15-8)10-4-2-3-5-11(10)13/h2-6,15H,1H3. The summed E-state index contributed by atoms with van der Waals surface area (Å²) in [5, 5.41) is 8.89. The first kappa shape index (κ1) is 9.47. The Morgan fingerprint density at radius 3 is 2.73 bits per heavy atom. The van der Waals surface area contributed by atoms with Crippen molar-refractivity contribution in [2.24, 2.45) is 0 Å². The molecular weight excluding hydrogens is 191 g/mol. The van der Waals surface area contributed by atoms with Crippen LogP contribution in [0.5, 0.6) is 0 Å². The number of aromatic nitrogens is 1. The molecule has 1 N–H and O–H groups in total. The van der Waals surface area contributed by atoms with Crippen LogP contribution in [0.4, 0.5) is 4.39 Å². The van der Waals surface area contributed by atoms with E-state index in [4.69, 9.17) is 5.26 Å². The van der Waals surface area contributed by atoms with Gasteiger partial charge in [0.15, 0.2) is 0 Å². The number of aryl methyl sites for hydroxylation is 1. The summed E-state index contributed by atoms with van der Waals surface area (Å²) >= 11 is 0. The molecule has 0 radical (unpaired) electrons. The zero-order chi connectivity index (χ0) is 10.8. The van der Waals surface area contributed by atoms with Crippen molar-refractivity contribution in [1.82, 2.24) is 4.98 Å². The highest BCUT2D eigenvalue weighted by molar-refractivity contribution is 5.68. The first-order chi connectivity index (χ1) is 7.22. The largest absolute Gasteiger partial charge is 0.357 e. The fourth-order valence-electron chi connectivity index (χ4n) is 1.55. The molecule has 74 valence electrons. The van der Waals surface area contributed by atoms with Crippen molar-refractivity contribution >= 4 is 0 Å². The van der Waals surface area contributed by atoms with E-state index in [0.717, 1.165) is 5.69 Å². The van der Waals surface area contributed by atoms with Crippen molar-refractivity contribution in [3.63, 3.8) is 0 Å². The van der Waals surface area contributed by atoms with Crippen LogP contribution in [0.3, 0.4) is 0 Å². The van der Waals surface area contributed by atoms with Gasteiger partial charge in [-0.25, -0.2) is 4.39 Å². The van der Waals surface area contributed by atoms with Gasteiger partial charge in [0, 0.05) is 11.3 Å². The number of hydrogen-bond donors (Lipinski definition) is 1. The molecule has 2 nitrogen and oxygen atoms in total. The molecule has 0 atom stereocenters. The highest BCUT2D eigenvalue weighted by Crippen LogP contribution is 2.25. The number of benzene rings is 1. The zero-order valence-corrected chi connectivity index (χ0v) is 8.21. The number of halogens is 1. The second-order valence-corrected chi connectivity index (χ2v) is 3.33. The average Bonchev–Trinajstić information content (AvgIpc) is 2.60. The first-order valence-corrected chi connectivity index (χ1v) is 4.57. The lowest BCUT2D eigenvalue weighted by Gasteiger charge is -2.00. The Labute approximate surface area is 87.0 Å². The molecule has 3 heteroatoms. The van der Waals surface area contributed by atoms with Crippen molar-refractivity contribution in [1.29, 1.82) is 5.26 Å². The van der Waals surface area contributed by atoms with Gasteiger partial charge in [0.1, 0.15) is 11.9 Å². The maximum atomic E-state index is 13.5. The molecule has 0 aliphatic heterocycles. The summed E-state index contributed by atoms with van der Waals surface area (Å²) < 4.78 is 13.5. The molecule has 0 amide bonds. The molecule has 0 spiro atoms. The molecule has 1 aromatic heterocycles. The summed E-state index contributed by atoms with van der Waals surface area (Å²) in [6.07, 6.45) is 0. The van der Waals surface area contributed by atoms with Crippen LogP contribution in [-0.2, 0) is 0 Å². The summed E-state index contributed by atoms with van der Waals surface area (Å²) in [6, 6.07) is 10.2. The maximum Gasteiger partial charge on any atom is 0.132 e. The molecule has 0 unspecified atom stereocenters. The minimum Gasteiger partial charge on any atom is -0.357 e. The third-order valence-electron chi connectivity index (χ3n) is 2.22. The highest BCUT2D eigenvalue weighted by Gasteiger charge is 2.11. The Bertz CT molecular complexity index is 535. The topological polar surface area (TPSA) is 39.6 Å². The van der Waals surface area contributed by atoms with Crippen LogP contribution >= 0.6 is 0 Å². The Morgan fingerprint density at radius 2 is 2.07 bits per heavy atom. The number of nitrogens with one attached hydrogen (secondary N) is 1. The van der Waals surface area contributed by atoms with Crippen LogP contribution in [0.25, 0.3) is 11.3 Å². The summed E-state index contributed by atoms with van der Waals surface area (Å²) in [5.74, 6) is -0.323. The van der Waals surface area contributed by atoms with Gasteiger partial charge in [-0.05, 0) is 25.1 Å². The minimum atomic E-state index is -0.323. The first-order valence-electron chi connectivity index (χ1n) is 4.57. The van der Waals surface area contributed by atoms with E-state index in [0.29, 0.717) is 16.8 Å². The zero-order valence-electron chi connectivity index (χ0n) is 8.21. The predicted molar refractivity (Wildman–Crippen MR) is 55.6 cm³/mol. The molecule has 0 aliphatic carbocycles. The van der Waals surface area contributed by atoms with Gasteiger partial charge in [-0.1, -0.05) is 12.1 Å². The van der Waals surface area contributed by atoms with Gasteiger partial charge in [-0.15, -0.1) is 0 Å². The molecule has 2 aromatic rings. The molecule has 15 heavy (non-hydrogen) atoms. The molecule has 1 heterocycles. The van der Waals surface area contributed by atoms with E-state index in [1.165, 1.54) is 6.07 Å². The Balaban J connectivity index is 2.65. The number of nitriles is 1. The average molecular weight is 200 g/mol. The third-order valence-corrected chi connectivity index (χ3v) is 2.22. The molecule has 0 saturated carbocycles. The predicted octanol–water partition coefficient (Wildman–Crippen LogP) is 3.00. The molecule has 0 fully saturated rings. The van der Waals surface area contributed by atoms with Gasteiger partial charge >= 0.3 is 0 Å². The van der Waals surface area contributed by atoms with Crippen molar-refractivity contribution in [3.05, 3.63) is 47.4 Å². The Hall–Kier alpha value is -2.08. The third kappa shape index (κ3) is 1.62. The van der Waals surface area contributed by atoms with Crippen LogP contribution < -0.4 is 0 Å².